The van der Waals surface area contributed by atoms with Crippen LogP contribution in [-0.2, 0) is 12.1 Å². The van der Waals surface area contributed by atoms with Crippen LogP contribution in [0, 0.1) is 6.92 Å². The molecule has 8 heteroatoms. The van der Waals surface area contributed by atoms with Gasteiger partial charge in [-0.3, -0.25) is 4.79 Å². The number of hydrogen-bond acceptors (Lipinski definition) is 4. The molecule has 1 aromatic heterocycles. The summed E-state index contributed by atoms with van der Waals surface area (Å²) in [7, 11) is 0. The topological polar surface area (TPSA) is 90.1 Å². The van der Waals surface area contributed by atoms with Crippen molar-refractivity contribution in [3.8, 4) is 0 Å². The molecule has 0 aliphatic heterocycles. The molecule has 2 rings (SSSR count). The number of amides is 1. The van der Waals surface area contributed by atoms with Gasteiger partial charge in [0, 0.05) is 25.2 Å². The molecule has 1 atom stereocenters. The van der Waals surface area contributed by atoms with Crippen LogP contribution in [0.2, 0.25) is 0 Å². The van der Waals surface area contributed by atoms with E-state index in [4.69, 9.17) is 4.42 Å². The highest BCUT2D eigenvalue weighted by atomic mass is 127. The van der Waals surface area contributed by atoms with E-state index < -0.39 is 5.60 Å². The van der Waals surface area contributed by atoms with Crippen LogP contribution in [0.1, 0.15) is 55.1 Å². The van der Waals surface area contributed by atoms with E-state index >= 15 is 0 Å². The first-order chi connectivity index (χ1) is 14.3. The fraction of sp³-hybridized carbons (Fsp3) is 0.478. The highest BCUT2D eigenvalue weighted by molar-refractivity contribution is 14.0. The molecule has 0 saturated heterocycles. The minimum absolute atomic E-state index is 0. The monoisotopic (exact) mass is 542 g/mol. The van der Waals surface area contributed by atoms with Crippen LogP contribution in [-0.4, -0.2) is 48.1 Å². The molecule has 2 aromatic rings. The van der Waals surface area contributed by atoms with Gasteiger partial charge in [0.15, 0.2) is 5.96 Å². The Morgan fingerprint density at radius 1 is 1.10 bits per heavy atom. The van der Waals surface area contributed by atoms with Gasteiger partial charge in [-0.1, -0.05) is 12.1 Å². The zero-order chi connectivity index (χ0) is 22.1. The Labute approximate surface area is 202 Å². The molecule has 1 unspecified atom stereocenters. The first-order valence-electron chi connectivity index (χ1n) is 10.5. The van der Waals surface area contributed by atoms with Gasteiger partial charge in [-0.15, -0.1) is 24.0 Å². The van der Waals surface area contributed by atoms with Crippen molar-refractivity contribution in [2.24, 2.45) is 4.99 Å². The Hall–Kier alpha value is -2.07. The average molecular weight is 542 g/mol. The number of aliphatic hydroxyl groups is 1. The highest BCUT2D eigenvalue weighted by Crippen LogP contribution is 2.21. The van der Waals surface area contributed by atoms with Crippen molar-refractivity contribution in [3.63, 3.8) is 0 Å². The molecular formula is C23H35IN4O3. The largest absolute Gasteiger partial charge is 0.463 e. The van der Waals surface area contributed by atoms with Crippen LogP contribution in [0.25, 0.3) is 0 Å². The SMILES string of the molecule is CCNC(=NCc1ccc(C(=O)N(CC)CC)cc1)NCC(C)(O)c1ccc(C)o1.I. The first-order valence-corrected chi connectivity index (χ1v) is 10.5. The Balaban J connectivity index is 0.00000480. The predicted octanol–water partition coefficient (Wildman–Crippen LogP) is 3.65. The van der Waals surface area contributed by atoms with E-state index in [-0.39, 0.29) is 36.4 Å². The van der Waals surface area contributed by atoms with Crippen molar-refractivity contribution in [2.45, 2.75) is 46.8 Å². The number of halogens is 1. The van der Waals surface area contributed by atoms with Crippen molar-refractivity contribution >= 4 is 35.8 Å². The van der Waals surface area contributed by atoms with Crippen molar-refractivity contribution in [3.05, 3.63) is 59.0 Å². The molecule has 3 N–H and O–H groups in total. The van der Waals surface area contributed by atoms with E-state index in [1.54, 1.807) is 17.9 Å². The number of nitrogens with one attached hydrogen (secondary N) is 2. The number of benzene rings is 1. The molecular weight excluding hydrogens is 507 g/mol. The lowest BCUT2D eigenvalue weighted by molar-refractivity contribution is 0.0378. The molecule has 1 aromatic carbocycles. The molecule has 1 heterocycles. The van der Waals surface area contributed by atoms with Crippen molar-refractivity contribution in [1.82, 2.24) is 15.5 Å². The number of aliphatic imine (C=N–C) groups is 1. The summed E-state index contributed by atoms with van der Waals surface area (Å²) in [6.45, 7) is 12.3. The number of aryl methyl sites for hydroxylation is 1. The summed E-state index contributed by atoms with van der Waals surface area (Å²) >= 11 is 0. The number of nitrogens with zero attached hydrogens (tertiary/aromatic N) is 2. The maximum atomic E-state index is 12.4. The highest BCUT2D eigenvalue weighted by Gasteiger charge is 2.27. The third kappa shape index (κ3) is 7.84. The second kappa shape index (κ2) is 12.7. The Kier molecular flexibility index (Phi) is 11.1. The zero-order valence-corrected chi connectivity index (χ0v) is 21.4. The minimum Gasteiger partial charge on any atom is -0.463 e. The quantitative estimate of drug-likeness (QED) is 0.256. The molecule has 0 bridgehead atoms. The van der Waals surface area contributed by atoms with Gasteiger partial charge in [0.05, 0.1) is 13.1 Å². The third-order valence-electron chi connectivity index (χ3n) is 4.89. The standard InChI is InChI=1S/C23H34N4O3.HI/c1-6-24-22(26-16-23(5,29)20-14-9-17(4)30-20)25-15-18-10-12-19(13-11-18)21(28)27(7-2)8-3;/h9-14,29H,6-8,15-16H2,1-5H3,(H2,24,25,26);1H. The Morgan fingerprint density at radius 3 is 2.26 bits per heavy atom. The minimum atomic E-state index is -1.16. The van der Waals surface area contributed by atoms with Gasteiger partial charge in [-0.2, -0.15) is 0 Å². The van der Waals surface area contributed by atoms with Gasteiger partial charge in [0.2, 0.25) is 0 Å². The number of furan rings is 1. The molecule has 0 radical (unpaired) electrons. The van der Waals surface area contributed by atoms with E-state index in [1.807, 2.05) is 58.0 Å². The summed E-state index contributed by atoms with van der Waals surface area (Å²) in [6.07, 6.45) is 0. The first kappa shape index (κ1) is 27.0. The molecule has 7 nitrogen and oxygen atoms in total. The lowest BCUT2D eigenvalue weighted by Crippen LogP contribution is -2.44. The van der Waals surface area contributed by atoms with E-state index in [0.29, 0.717) is 43.5 Å². The second-order valence-electron chi connectivity index (χ2n) is 7.41. The number of carbonyl (C=O) groups excluding carboxylic acids is 1. The molecule has 0 saturated carbocycles. The van der Waals surface area contributed by atoms with Gasteiger partial charge in [-0.05, 0) is 64.4 Å². The lowest BCUT2D eigenvalue weighted by Gasteiger charge is -2.22. The van der Waals surface area contributed by atoms with Crippen LogP contribution in [0.15, 0.2) is 45.8 Å². The van der Waals surface area contributed by atoms with E-state index in [2.05, 4.69) is 15.6 Å². The fourth-order valence-corrected chi connectivity index (χ4v) is 3.03. The molecule has 0 aliphatic carbocycles. The van der Waals surface area contributed by atoms with Gasteiger partial charge in [0.1, 0.15) is 17.1 Å². The van der Waals surface area contributed by atoms with E-state index in [1.165, 1.54) is 0 Å². The number of rotatable bonds is 9. The van der Waals surface area contributed by atoms with E-state index in [0.717, 1.165) is 11.3 Å². The van der Waals surface area contributed by atoms with Crippen LogP contribution in [0.5, 0.6) is 0 Å². The summed E-state index contributed by atoms with van der Waals surface area (Å²) in [4.78, 5) is 18.8. The Morgan fingerprint density at radius 2 is 1.74 bits per heavy atom. The molecule has 0 spiro atoms. The smallest absolute Gasteiger partial charge is 0.253 e. The summed E-state index contributed by atoms with van der Waals surface area (Å²) in [5.41, 5.74) is 0.523. The second-order valence-corrected chi connectivity index (χ2v) is 7.41. The van der Waals surface area contributed by atoms with Crippen LogP contribution >= 0.6 is 24.0 Å². The summed E-state index contributed by atoms with van der Waals surface area (Å²) in [5, 5.41) is 17.0. The summed E-state index contributed by atoms with van der Waals surface area (Å²) < 4.78 is 5.55. The zero-order valence-electron chi connectivity index (χ0n) is 19.1. The van der Waals surface area contributed by atoms with Crippen molar-refractivity contribution in [2.75, 3.05) is 26.2 Å². The van der Waals surface area contributed by atoms with Gasteiger partial charge in [-0.25, -0.2) is 4.99 Å². The average Bonchev–Trinajstić information content (AvgIpc) is 3.18. The number of hydrogen-bond donors (Lipinski definition) is 3. The third-order valence-corrected chi connectivity index (χ3v) is 4.89. The van der Waals surface area contributed by atoms with Gasteiger partial charge < -0.3 is 25.1 Å². The van der Waals surface area contributed by atoms with Crippen LogP contribution in [0.4, 0.5) is 0 Å². The number of carbonyl (C=O) groups is 1. The van der Waals surface area contributed by atoms with Crippen LogP contribution in [0.3, 0.4) is 0 Å². The summed E-state index contributed by atoms with van der Waals surface area (Å²) in [6, 6.07) is 11.1. The van der Waals surface area contributed by atoms with Gasteiger partial charge >= 0.3 is 0 Å². The van der Waals surface area contributed by atoms with Crippen LogP contribution < -0.4 is 10.6 Å². The molecule has 172 valence electrons. The molecule has 1 amide bonds. The maximum absolute atomic E-state index is 12.4. The molecule has 0 aliphatic rings. The lowest BCUT2D eigenvalue weighted by atomic mass is 10.0. The van der Waals surface area contributed by atoms with Crippen molar-refractivity contribution < 1.29 is 14.3 Å². The van der Waals surface area contributed by atoms with Gasteiger partial charge in [0.25, 0.3) is 5.91 Å². The molecule has 0 fully saturated rings. The predicted molar refractivity (Wildman–Crippen MR) is 135 cm³/mol. The van der Waals surface area contributed by atoms with E-state index in [9.17, 15) is 9.90 Å². The summed E-state index contributed by atoms with van der Waals surface area (Å²) in [5.74, 6) is 1.91. The molecule has 31 heavy (non-hydrogen) atoms. The normalized spacial score (nSPS) is 13.2. The fourth-order valence-electron chi connectivity index (χ4n) is 3.03. The Bertz CT molecular complexity index is 843. The maximum Gasteiger partial charge on any atom is 0.253 e. The van der Waals surface area contributed by atoms with Crippen molar-refractivity contribution in [1.29, 1.82) is 0 Å². The number of guanidine groups is 1.